The van der Waals surface area contributed by atoms with E-state index in [1.54, 1.807) is 6.20 Å². The Kier molecular flexibility index (Phi) is 3.96. The fraction of sp³-hybridized carbons (Fsp3) is 0.348. The summed E-state index contributed by atoms with van der Waals surface area (Å²) in [6, 6.07) is 8.37. The third-order valence-electron chi connectivity index (χ3n) is 6.69. The number of amides is 1. The van der Waals surface area contributed by atoms with E-state index in [2.05, 4.69) is 48.4 Å². The van der Waals surface area contributed by atoms with Crippen molar-refractivity contribution in [2.24, 2.45) is 0 Å². The molecule has 8 heteroatoms. The van der Waals surface area contributed by atoms with Gasteiger partial charge in [-0.1, -0.05) is 6.07 Å². The molecule has 4 aromatic rings. The van der Waals surface area contributed by atoms with Crippen molar-refractivity contribution in [1.82, 2.24) is 30.0 Å². The molecule has 1 amide bonds. The van der Waals surface area contributed by atoms with Crippen LogP contribution in [0.5, 0.6) is 0 Å². The van der Waals surface area contributed by atoms with Crippen LogP contribution < -0.4 is 5.32 Å². The minimum absolute atomic E-state index is 0.0323. The van der Waals surface area contributed by atoms with Gasteiger partial charge in [-0.25, -0.2) is 4.98 Å². The number of carbonyl (C=O) groups is 1. The average molecular weight is 413 g/mol. The molecule has 0 radical (unpaired) electrons. The summed E-state index contributed by atoms with van der Waals surface area (Å²) in [4.78, 5) is 26.7. The molecule has 2 N–H and O–H groups in total. The van der Waals surface area contributed by atoms with E-state index in [1.807, 2.05) is 30.6 Å². The predicted molar refractivity (Wildman–Crippen MR) is 118 cm³/mol. The zero-order valence-electron chi connectivity index (χ0n) is 17.3. The van der Waals surface area contributed by atoms with Crippen LogP contribution in [-0.2, 0) is 4.79 Å². The molecule has 1 saturated carbocycles. The van der Waals surface area contributed by atoms with Gasteiger partial charge in [0.2, 0.25) is 11.9 Å². The first kappa shape index (κ1) is 18.2. The highest BCUT2D eigenvalue weighted by molar-refractivity contribution is 5.96. The van der Waals surface area contributed by atoms with Crippen LogP contribution in [0.15, 0.2) is 42.9 Å². The molecule has 2 aliphatic rings. The SMILES string of the molecule is C[C@]1(N2CCCC2=O)C[C@@H](Nc2ncc3c(-c4ccc5nnccc5c4)c[nH]c3n2)C1. The Morgan fingerprint density at radius 2 is 2.16 bits per heavy atom. The lowest BCUT2D eigenvalue weighted by Gasteiger charge is -2.51. The van der Waals surface area contributed by atoms with Crippen LogP contribution in [0.3, 0.4) is 0 Å². The summed E-state index contributed by atoms with van der Waals surface area (Å²) in [5.74, 6) is 0.910. The molecule has 156 valence electrons. The number of rotatable bonds is 4. The first-order valence-electron chi connectivity index (χ1n) is 10.7. The zero-order valence-corrected chi connectivity index (χ0v) is 17.3. The van der Waals surface area contributed by atoms with Crippen molar-refractivity contribution in [3.8, 4) is 11.1 Å². The van der Waals surface area contributed by atoms with Gasteiger partial charge in [-0.2, -0.15) is 15.2 Å². The average Bonchev–Trinajstić information content (AvgIpc) is 3.38. The van der Waals surface area contributed by atoms with Gasteiger partial charge in [-0.05, 0) is 49.9 Å². The summed E-state index contributed by atoms with van der Waals surface area (Å²) in [5.41, 5.74) is 3.79. The Morgan fingerprint density at radius 1 is 1.26 bits per heavy atom. The van der Waals surface area contributed by atoms with Crippen LogP contribution in [0, 0.1) is 0 Å². The van der Waals surface area contributed by atoms with Gasteiger partial charge in [-0.15, -0.1) is 0 Å². The first-order chi connectivity index (χ1) is 15.1. The molecular formula is C23H23N7O. The van der Waals surface area contributed by atoms with Gasteiger partial charge in [-0.3, -0.25) is 4.79 Å². The van der Waals surface area contributed by atoms with Crippen molar-refractivity contribution in [3.05, 3.63) is 42.9 Å². The number of likely N-dealkylation sites (tertiary alicyclic amines) is 1. The van der Waals surface area contributed by atoms with Crippen molar-refractivity contribution in [3.63, 3.8) is 0 Å². The largest absolute Gasteiger partial charge is 0.351 e. The van der Waals surface area contributed by atoms with Gasteiger partial charge < -0.3 is 15.2 Å². The highest BCUT2D eigenvalue weighted by Gasteiger charge is 2.48. The minimum Gasteiger partial charge on any atom is -0.351 e. The van der Waals surface area contributed by atoms with Gasteiger partial charge in [0, 0.05) is 53.3 Å². The number of nitrogens with zero attached hydrogens (tertiary/aromatic N) is 5. The van der Waals surface area contributed by atoms with E-state index in [4.69, 9.17) is 0 Å². The van der Waals surface area contributed by atoms with E-state index in [0.717, 1.165) is 58.9 Å². The fourth-order valence-electron chi connectivity index (χ4n) is 5.10. The van der Waals surface area contributed by atoms with Crippen molar-refractivity contribution in [1.29, 1.82) is 0 Å². The van der Waals surface area contributed by atoms with Crippen LogP contribution in [0.25, 0.3) is 33.1 Å². The molecule has 1 aliphatic carbocycles. The monoisotopic (exact) mass is 413 g/mol. The highest BCUT2D eigenvalue weighted by atomic mass is 16.2. The van der Waals surface area contributed by atoms with Crippen molar-refractivity contribution in [2.45, 2.75) is 44.2 Å². The molecule has 3 aromatic heterocycles. The highest BCUT2D eigenvalue weighted by Crippen LogP contribution is 2.41. The van der Waals surface area contributed by atoms with Gasteiger partial charge in [0.15, 0.2) is 0 Å². The minimum atomic E-state index is -0.0323. The summed E-state index contributed by atoms with van der Waals surface area (Å²) in [5, 5.41) is 13.5. The molecule has 1 aliphatic heterocycles. The van der Waals surface area contributed by atoms with E-state index in [0.29, 0.717) is 18.3 Å². The summed E-state index contributed by atoms with van der Waals surface area (Å²) in [7, 11) is 0. The summed E-state index contributed by atoms with van der Waals surface area (Å²) < 4.78 is 0. The number of H-pyrrole nitrogens is 1. The van der Waals surface area contributed by atoms with E-state index in [9.17, 15) is 4.79 Å². The van der Waals surface area contributed by atoms with Gasteiger partial charge in [0.1, 0.15) is 5.65 Å². The maximum absolute atomic E-state index is 12.1. The number of carbonyl (C=O) groups excluding carboxylic acids is 1. The zero-order chi connectivity index (χ0) is 21.0. The maximum Gasteiger partial charge on any atom is 0.224 e. The number of hydrogen-bond acceptors (Lipinski definition) is 6. The molecule has 1 saturated heterocycles. The van der Waals surface area contributed by atoms with Gasteiger partial charge in [0.25, 0.3) is 0 Å². The molecule has 4 heterocycles. The van der Waals surface area contributed by atoms with E-state index < -0.39 is 0 Å². The second-order valence-corrected chi connectivity index (χ2v) is 8.86. The van der Waals surface area contributed by atoms with Crippen molar-refractivity contribution >= 4 is 33.8 Å². The molecule has 1 aromatic carbocycles. The second-order valence-electron chi connectivity index (χ2n) is 8.86. The lowest BCUT2D eigenvalue weighted by molar-refractivity contribution is -0.136. The standard InChI is InChI=1S/C23H23N7O/c1-23(30-8-2-3-20(30)31)10-16(11-23)27-22-25-13-18-17(12-24-21(18)28-22)14-4-5-19-15(9-14)6-7-26-29-19/h4-7,9,12-13,16H,2-3,8,10-11H2,1H3,(H2,24,25,27,28)/t16-,23+. The predicted octanol–water partition coefficient (Wildman–Crippen LogP) is 3.52. The Morgan fingerprint density at radius 3 is 3.00 bits per heavy atom. The third kappa shape index (κ3) is 3.01. The summed E-state index contributed by atoms with van der Waals surface area (Å²) in [6.07, 6.45) is 9.06. The molecule has 0 spiro atoms. The number of aromatic amines is 1. The molecule has 0 unspecified atom stereocenters. The van der Waals surface area contributed by atoms with E-state index >= 15 is 0 Å². The normalized spacial score (nSPS) is 23.5. The molecule has 0 bridgehead atoms. The quantitative estimate of drug-likeness (QED) is 0.531. The Balaban J connectivity index is 1.21. The van der Waals surface area contributed by atoms with Crippen molar-refractivity contribution in [2.75, 3.05) is 11.9 Å². The van der Waals surface area contributed by atoms with Gasteiger partial charge >= 0.3 is 0 Å². The number of aromatic nitrogens is 5. The molecule has 0 atom stereocenters. The molecular weight excluding hydrogens is 390 g/mol. The van der Waals surface area contributed by atoms with Gasteiger partial charge in [0.05, 0.1) is 11.7 Å². The molecule has 6 rings (SSSR count). The lowest BCUT2D eigenvalue weighted by atomic mass is 9.73. The lowest BCUT2D eigenvalue weighted by Crippen LogP contribution is -2.59. The number of nitrogens with one attached hydrogen (secondary N) is 2. The maximum atomic E-state index is 12.1. The first-order valence-corrected chi connectivity index (χ1v) is 10.7. The number of hydrogen-bond donors (Lipinski definition) is 2. The topological polar surface area (TPSA) is 99.7 Å². The molecule has 8 nitrogen and oxygen atoms in total. The number of fused-ring (bicyclic) bond motifs is 2. The number of benzene rings is 1. The van der Waals surface area contributed by atoms with Crippen LogP contribution in [0.1, 0.15) is 32.6 Å². The number of anilines is 1. The second kappa shape index (κ2) is 6.73. The summed E-state index contributed by atoms with van der Waals surface area (Å²) in [6.45, 7) is 3.07. The third-order valence-corrected chi connectivity index (χ3v) is 6.69. The van der Waals surface area contributed by atoms with E-state index in [1.165, 1.54) is 0 Å². The van der Waals surface area contributed by atoms with Crippen LogP contribution in [-0.4, -0.2) is 54.1 Å². The van der Waals surface area contributed by atoms with E-state index in [-0.39, 0.29) is 11.6 Å². The Hall–Kier alpha value is -3.55. The smallest absolute Gasteiger partial charge is 0.224 e. The molecule has 31 heavy (non-hydrogen) atoms. The van der Waals surface area contributed by atoms with Crippen LogP contribution in [0.2, 0.25) is 0 Å². The summed E-state index contributed by atoms with van der Waals surface area (Å²) >= 11 is 0. The molecule has 2 fully saturated rings. The van der Waals surface area contributed by atoms with Crippen LogP contribution >= 0.6 is 0 Å². The fourth-order valence-corrected chi connectivity index (χ4v) is 5.10. The van der Waals surface area contributed by atoms with Crippen LogP contribution in [0.4, 0.5) is 5.95 Å². The van der Waals surface area contributed by atoms with Crippen molar-refractivity contribution < 1.29 is 4.79 Å². The Bertz CT molecular complexity index is 1310. The Labute approximate surface area is 179 Å².